The number of alkyl halides is 3. The van der Waals surface area contributed by atoms with E-state index in [0.717, 1.165) is 6.07 Å². The lowest BCUT2D eigenvalue weighted by Gasteiger charge is -2.30. The molecule has 3 aromatic rings. The lowest BCUT2D eigenvalue weighted by molar-refractivity contribution is -0.275. The van der Waals surface area contributed by atoms with E-state index < -0.39 is 88.1 Å². The van der Waals surface area contributed by atoms with E-state index in [4.69, 9.17) is 14.6 Å². The third-order valence-electron chi connectivity index (χ3n) is 9.35. The van der Waals surface area contributed by atoms with E-state index in [1.807, 2.05) is 0 Å². The monoisotopic (exact) mass is 778 g/mol. The molecule has 1 aromatic carbocycles. The van der Waals surface area contributed by atoms with Crippen LogP contribution < -0.4 is 15.4 Å². The number of hydrogen-bond acceptors (Lipinski definition) is 9. The molecule has 55 heavy (non-hydrogen) atoms. The minimum atomic E-state index is -5.38. The molecule has 0 spiro atoms. The number of aldehydes is 1. The first kappa shape index (κ1) is 39.7. The van der Waals surface area contributed by atoms with E-state index in [1.165, 1.54) is 9.58 Å². The number of nitrogens with one attached hydrogen (secondary N) is 2. The van der Waals surface area contributed by atoms with Gasteiger partial charge in [0.2, 0.25) is 5.91 Å². The number of anilines is 1. The van der Waals surface area contributed by atoms with Crippen LogP contribution in [-0.2, 0) is 19.1 Å². The van der Waals surface area contributed by atoms with Crippen molar-refractivity contribution in [3.05, 3.63) is 35.2 Å². The second-order valence-corrected chi connectivity index (χ2v) is 16.4. The van der Waals surface area contributed by atoms with Crippen LogP contribution in [0.3, 0.4) is 0 Å². The lowest BCUT2D eigenvalue weighted by Crippen LogP contribution is -2.50. The van der Waals surface area contributed by atoms with E-state index in [2.05, 4.69) is 20.4 Å². The number of hydrogen-bond donors (Lipinski definition) is 2. The molecule has 2 N–H and O–H groups in total. The molecule has 2 aromatic heterocycles. The average molecular weight is 779 g/mol. The van der Waals surface area contributed by atoms with Gasteiger partial charge in [0.15, 0.2) is 17.4 Å². The molecule has 18 heteroatoms. The van der Waals surface area contributed by atoms with E-state index in [-0.39, 0.29) is 41.9 Å². The van der Waals surface area contributed by atoms with Gasteiger partial charge in [-0.25, -0.2) is 23.4 Å². The first-order valence-corrected chi connectivity index (χ1v) is 17.9. The van der Waals surface area contributed by atoms with Crippen LogP contribution in [0, 0.1) is 23.5 Å². The van der Waals surface area contributed by atoms with Crippen molar-refractivity contribution in [3.8, 4) is 17.0 Å². The number of carbonyl (C=O) groups is 4. The fourth-order valence-electron chi connectivity index (χ4n) is 7.22. The van der Waals surface area contributed by atoms with Crippen LogP contribution in [0.1, 0.15) is 97.5 Å². The smallest absolute Gasteiger partial charge is 0.444 e. The molecule has 3 amide bonds. The maximum absolute atomic E-state index is 17.2. The summed E-state index contributed by atoms with van der Waals surface area (Å²) in [5, 5.41) is 9.96. The van der Waals surface area contributed by atoms with E-state index in [0.29, 0.717) is 36.3 Å². The first-order valence-electron chi connectivity index (χ1n) is 17.9. The average Bonchev–Trinajstić information content (AvgIpc) is 3.93. The van der Waals surface area contributed by atoms with Crippen molar-refractivity contribution in [1.82, 2.24) is 25.0 Å². The molecular weight excluding hydrogens is 735 g/mol. The first-order chi connectivity index (χ1) is 25.5. The Balaban J connectivity index is 1.50. The van der Waals surface area contributed by atoms with Gasteiger partial charge in [-0.15, -0.1) is 13.2 Å². The highest BCUT2D eigenvalue weighted by atomic mass is 19.4. The Bertz CT molecular complexity index is 2050. The van der Waals surface area contributed by atoms with E-state index >= 15 is 8.78 Å². The summed E-state index contributed by atoms with van der Waals surface area (Å²) in [5.74, 6) is -6.36. The number of likely N-dealkylation sites (tertiary alicyclic amines) is 1. The Kier molecular flexibility index (Phi) is 10.0. The Hall–Kier alpha value is -5.03. The SMILES string of the molecule is CC(C)c1nc(-c2cc(NC(=O)OC(C)(C)C)cc(F)c2OC(F)(F)F)c(F)c2c1c([C@@H]1[C@H]3CN(C(=O)OC(C)(C)C)[C@H](C(=O)NCC=O)[C@H]31)nn2C1CC1. The predicted molar refractivity (Wildman–Crippen MR) is 187 cm³/mol. The zero-order chi connectivity index (χ0) is 40.5. The second-order valence-electron chi connectivity index (χ2n) is 16.4. The van der Waals surface area contributed by atoms with Crippen molar-refractivity contribution in [1.29, 1.82) is 0 Å². The summed E-state index contributed by atoms with van der Waals surface area (Å²) in [4.78, 5) is 56.3. The number of ether oxygens (including phenoxy) is 3. The molecule has 298 valence electrons. The third-order valence-corrected chi connectivity index (χ3v) is 9.35. The summed E-state index contributed by atoms with van der Waals surface area (Å²) in [5.41, 5.74) is -3.03. The van der Waals surface area contributed by atoms with Crippen LogP contribution >= 0.6 is 0 Å². The number of amides is 3. The van der Waals surface area contributed by atoms with Gasteiger partial charge >= 0.3 is 18.5 Å². The molecule has 6 rings (SSSR count). The summed E-state index contributed by atoms with van der Waals surface area (Å²) in [6.45, 7) is 13.1. The van der Waals surface area contributed by atoms with Gasteiger partial charge in [-0.1, -0.05) is 13.8 Å². The van der Waals surface area contributed by atoms with Crippen LogP contribution in [0.4, 0.5) is 37.2 Å². The highest BCUT2D eigenvalue weighted by Gasteiger charge is 2.67. The van der Waals surface area contributed by atoms with Crippen molar-refractivity contribution >= 4 is 41.0 Å². The van der Waals surface area contributed by atoms with E-state index in [9.17, 15) is 32.3 Å². The van der Waals surface area contributed by atoms with Gasteiger partial charge in [0.1, 0.15) is 34.7 Å². The van der Waals surface area contributed by atoms with Gasteiger partial charge in [0.25, 0.3) is 0 Å². The quantitative estimate of drug-likeness (QED) is 0.168. The molecule has 0 bridgehead atoms. The van der Waals surface area contributed by atoms with Gasteiger partial charge in [0, 0.05) is 35.5 Å². The van der Waals surface area contributed by atoms with Crippen molar-refractivity contribution in [2.45, 2.75) is 110 Å². The summed E-state index contributed by atoms with van der Waals surface area (Å²) in [7, 11) is 0. The van der Waals surface area contributed by atoms with Crippen molar-refractivity contribution in [2.24, 2.45) is 11.8 Å². The molecule has 0 unspecified atom stereocenters. The van der Waals surface area contributed by atoms with Crippen LogP contribution in [0.2, 0.25) is 0 Å². The number of benzene rings is 1. The van der Waals surface area contributed by atoms with Gasteiger partial charge in [-0.05, 0) is 72.3 Å². The Morgan fingerprint density at radius 1 is 1.02 bits per heavy atom. The standard InChI is InChI=1S/C37H43F5N6O7/c1-16(2)26-24-28(22-20-15-47(34(52)55-36(6,7)8)30(23(20)22)32(50)43-11-12-49)46-48(18-9-10-18)29(24)25(39)27(45-26)19-13-17(44-33(51)54-35(3,4)5)14-21(38)31(19)53-37(40,41)42/h12-14,16,18,20,22-23,30H,9-11,15H2,1-8H3,(H,43,50)(H,44,51)/t20-,22-,23-,30+/m1/s1. The van der Waals surface area contributed by atoms with Gasteiger partial charge in [-0.2, -0.15) is 5.10 Å². The molecular formula is C37H43F5N6O7. The zero-order valence-electron chi connectivity index (χ0n) is 31.6. The van der Waals surface area contributed by atoms with Gasteiger partial charge in [0.05, 0.1) is 29.5 Å². The minimum absolute atomic E-state index is 0.0778. The maximum Gasteiger partial charge on any atom is 0.573 e. The van der Waals surface area contributed by atoms with Crippen LogP contribution in [0.15, 0.2) is 12.1 Å². The molecule has 0 radical (unpaired) electrons. The molecule has 3 fully saturated rings. The fourth-order valence-corrected chi connectivity index (χ4v) is 7.22. The van der Waals surface area contributed by atoms with Crippen molar-refractivity contribution < 1.29 is 55.3 Å². The molecule has 2 aliphatic carbocycles. The summed E-state index contributed by atoms with van der Waals surface area (Å²) in [6.07, 6.45) is -5.38. The van der Waals surface area contributed by atoms with Crippen LogP contribution in [0.5, 0.6) is 5.75 Å². The third kappa shape index (κ3) is 8.17. The summed E-state index contributed by atoms with van der Waals surface area (Å²) in [6, 6.07) is 0.199. The van der Waals surface area contributed by atoms with Crippen molar-refractivity contribution in [3.63, 3.8) is 0 Å². The molecule has 13 nitrogen and oxygen atoms in total. The molecule has 3 heterocycles. The number of nitrogens with zero attached hydrogens (tertiary/aromatic N) is 4. The molecule has 2 saturated carbocycles. The Morgan fingerprint density at radius 3 is 2.24 bits per heavy atom. The maximum atomic E-state index is 17.2. The van der Waals surface area contributed by atoms with Crippen LogP contribution in [-0.4, -0.2) is 80.7 Å². The minimum Gasteiger partial charge on any atom is -0.444 e. The topological polar surface area (TPSA) is 154 Å². The van der Waals surface area contributed by atoms with Gasteiger partial charge in [-0.3, -0.25) is 19.7 Å². The lowest BCUT2D eigenvalue weighted by atomic mass is 9.97. The number of pyridine rings is 1. The number of aromatic nitrogens is 3. The number of carbonyl (C=O) groups excluding carboxylic acids is 4. The largest absolute Gasteiger partial charge is 0.573 e. The normalized spacial score (nSPS) is 21.0. The molecule has 1 aliphatic heterocycles. The predicted octanol–water partition coefficient (Wildman–Crippen LogP) is 7.34. The van der Waals surface area contributed by atoms with E-state index in [1.54, 1.807) is 55.4 Å². The molecule has 3 aliphatic rings. The number of rotatable bonds is 9. The van der Waals surface area contributed by atoms with Gasteiger partial charge < -0.3 is 24.3 Å². The Morgan fingerprint density at radius 2 is 1.67 bits per heavy atom. The molecule has 1 saturated heterocycles. The summed E-state index contributed by atoms with van der Waals surface area (Å²) >= 11 is 0. The second kappa shape index (κ2) is 13.9. The highest BCUT2D eigenvalue weighted by molar-refractivity contribution is 5.93. The number of fused-ring (bicyclic) bond motifs is 2. The number of halogens is 5. The van der Waals surface area contributed by atoms with Crippen LogP contribution in [0.25, 0.3) is 22.2 Å². The highest BCUT2D eigenvalue weighted by Crippen LogP contribution is 2.63. The Labute approximate surface area is 313 Å². The fraction of sp³-hybridized carbons (Fsp3) is 0.568. The number of piperidine rings is 1. The summed E-state index contributed by atoms with van der Waals surface area (Å²) < 4.78 is 90.2. The van der Waals surface area contributed by atoms with Crippen molar-refractivity contribution in [2.75, 3.05) is 18.4 Å². The zero-order valence-corrected chi connectivity index (χ0v) is 31.6. The molecule has 4 atom stereocenters.